The van der Waals surface area contributed by atoms with Gasteiger partial charge in [0.05, 0.1) is 28.7 Å². The summed E-state index contributed by atoms with van der Waals surface area (Å²) in [4.78, 5) is 35.8. The first-order valence-electron chi connectivity index (χ1n) is 8.71. The van der Waals surface area contributed by atoms with Crippen molar-refractivity contribution < 1.29 is 14.4 Å². The van der Waals surface area contributed by atoms with E-state index in [4.69, 9.17) is 17.3 Å². The minimum Gasteiger partial charge on any atom is -0.370 e. The van der Waals surface area contributed by atoms with Crippen molar-refractivity contribution in [3.05, 3.63) is 77.1 Å². The van der Waals surface area contributed by atoms with Gasteiger partial charge in [0.2, 0.25) is 5.91 Å². The number of halogens is 1. The van der Waals surface area contributed by atoms with E-state index in [9.17, 15) is 14.4 Å². The molecule has 3 aromatic rings. The summed E-state index contributed by atoms with van der Waals surface area (Å²) in [6.45, 7) is 0.115. The Kier molecular flexibility index (Phi) is 6.25. The Morgan fingerprint density at radius 3 is 2.48 bits per heavy atom. The number of rotatable bonds is 7. The lowest BCUT2D eigenvalue weighted by Gasteiger charge is -2.10. The van der Waals surface area contributed by atoms with Crippen LogP contribution in [0.3, 0.4) is 0 Å². The molecular weight excluding hydrogens is 394 g/mol. The number of hydrogen-bond donors (Lipinski definition) is 3. The van der Waals surface area contributed by atoms with Crippen molar-refractivity contribution in [2.75, 3.05) is 11.9 Å². The number of carbonyl (C=O) groups excluding carboxylic acids is 3. The van der Waals surface area contributed by atoms with E-state index in [2.05, 4.69) is 15.7 Å². The lowest BCUT2D eigenvalue weighted by Crippen LogP contribution is -2.28. The SMILES string of the molecule is NC(=O)CCNC(=O)c1ccccc1NC(=O)c1cnn(-c2ccc(Cl)cc2)c1. The van der Waals surface area contributed by atoms with E-state index in [0.717, 1.165) is 5.69 Å². The number of benzene rings is 2. The van der Waals surface area contributed by atoms with Crippen molar-refractivity contribution in [1.82, 2.24) is 15.1 Å². The average molecular weight is 412 g/mol. The second-order valence-corrected chi connectivity index (χ2v) is 6.56. The van der Waals surface area contributed by atoms with Crippen molar-refractivity contribution in [1.29, 1.82) is 0 Å². The standard InChI is InChI=1S/C20H18ClN5O3/c21-14-5-7-15(8-6-14)26-12-13(11-24-26)19(28)25-17-4-2-1-3-16(17)20(29)23-10-9-18(22)27/h1-8,11-12H,9-10H2,(H2,22,27)(H,23,29)(H,25,28). The fourth-order valence-electron chi connectivity index (χ4n) is 2.55. The third kappa shape index (κ3) is 5.20. The van der Waals surface area contributed by atoms with Crippen molar-refractivity contribution in [3.63, 3.8) is 0 Å². The molecular formula is C20H18ClN5O3. The molecule has 0 fully saturated rings. The molecule has 0 aliphatic rings. The summed E-state index contributed by atoms with van der Waals surface area (Å²) in [6, 6.07) is 13.6. The fourth-order valence-corrected chi connectivity index (χ4v) is 2.68. The zero-order chi connectivity index (χ0) is 20.8. The van der Waals surface area contributed by atoms with Crippen LogP contribution in [0.2, 0.25) is 5.02 Å². The van der Waals surface area contributed by atoms with Crippen molar-refractivity contribution in [3.8, 4) is 5.69 Å². The van der Waals surface area contributed by atoms with Crippen LogP contribution in [0.5, 0.6) is 0 Å². The second kappa shape index (κ2) is 9.03. The van der Waals surface area contributed by atoms with Crippen molar-refractivity contribution in [2.24, 2.45) is 5.73 Å². The van der Waals surface area contributed by atoms with Gasteiger partial charge in [0, 0.05) is 24.2 Å². The monoisotopic (exact) mass is 411 g/mol. The summed E-state index contributed by atoms with van der Waals surface area (Å²) in [7, 11) is 0. The topological polar surface area (TPSA) is 119 Å². The van der Waals surface area contributed by atoms with Crippen LogP contribution >= 0.6 is 11.6 Å². The maximum absolute atomic E-state index is 12.6. The maximum atomic E-state index is 12.6. The molecule has 148 valence electrons. The van der Waals surface area contributed by atoms with E-state index >= 15 is 0 Å². The molecule has 0 radical (unpaired) electrons. The highest BCUT2D eigenvalue weighted by Crippen LogP contribution is 2.17. The van der Waals surface area contributed by atoms with Gasteiger partial charge >= 0.3 is 0 Å². The number of aromatic nitrogens is 2. The van der Waals surface area contributed by atoms with E-state index in [0.29, 0.717) is 16.3 Å². The normalized spacial score (nSPS) is 10.4. The van der Waals surface area contributed by atoms with E-state index in [1.54, 1.807) is 59.4 Å². The smallest absolute Gasteiger partial charge is 0.258 e. The van der Waals surface area contributed by atoms with Crippen LogP contribution in [0.15, 0.2) is 60.9 Å². The molecule has 2 aromatic carbocycles. The Bertz CT molecular complexity index is 1050. The zero-order valence-electron chi connectivity index (χ0n) is 15.3. The Balaban J connectivity index is 1.72. The van der Waals surface area contributed by atoms with Gasteiger partial charge in [0.15, 0.2) is 0 Å². The molecule has 0 atom stereocenters. The predicted octanol–water partition coefficient (Wildman–Crippen LogP) is 2.38. The van der Waals surface area contributed by atoms with Gasteiger partial charge in [0.25, 0.3) is 11.8 Å². The van der Waals surface area contributed by atoms with E-state index in [1.807, 2.05) is 0 Å². The van der Waals surface area contributed by atoms with Gasteiger partial charge in [-0.05, 0) is 36.4 Å². The summed E-state index contributed by atoms with van der Waals surface area (Å²) in [5.41, 5.74) is 6.76. The van der Waals surface area contributed by atoms with Crippen LogP contribution < -0.4 is 16.4 Å². The van der Waals surface area contributed by atoms with Crippen LogP contribution in [0.1, 0.15) is 27.1 Å². The molecule has 4 N–H and O–H groups in total. The number of carbonyl (C=O) groups is 3. The van der Waals surface area contributed by atoms with Gasteiger partial charge in [0.1, 0.15) is 0 Å². The summed E-state index contributed by atoms with van der Waals surface area (Å²) >= 11 is 5.88. The van der Waals surface area contributed by atoms with E-state index in [-0.39, 0.29) is 18.5 Å². The van der Waals surface area contributed by atoms with Crippen LogP contribution in [-0.2, 0) is 4.79 Å². The Morgan fingerprint density at radius 1 is 1.03 bits per heavy atom. The molecule has 9 heteroatoms. The highest BCUT2D eigenvalue weighted by atomic mass is 35.5. The van der Waals surface area contributed by atoms with E-state index in [1.165, 1.54) is 6.20 Å². The molecule has 0 bridgehead atoms. The molecule has 29 heavy (non-hydrogen) atoms. The number of nitrogens with one attached hydrogen (secondary N) is 2. The average Bonchev–Trinajstić information content (AvgIpc) is 3.19. The van der Waals surface area contributed by atoms with Gasteiger partial charge in [-0.15, -0.1) is 0 Å². The highest BCUT2D eigenvalue weighted by molar-refractivity contribution is 6.30. The molecule has 8 nitrogen and oxygen atoms in total. The summed E-state index contributed by atoms with van der Waals surface area (Å²) in [6.07, 6.45) is 3.04. The lowest BCUT2D eigenvalue weighted by molar-refractivity contribution is -0.117. The van der Waals surface area contributed by atoms with Crippen LogP contribution in [0.4, 0.5) is 5.69 Å². The number of anilines is 1. The second-order valence-electron chi connectivity index (χ2n) is 6.12. The van der Waals surface area contributed by atoms with Crippen LogP contribution in [0.25, 0.3) is 5.69 Å². The molecule has 3 rings (SSSR count). The highest BCUT2D eigenvalue weighted by Gasteiger charge is 2.15. The maximum Gasteiger partial charge on any atom is 0.258 e. The minimum absolute atomic E-state index is 0.0319. The van der Waals surface area contributed by atoms with Gasteiger partial charge in [-0.3, -0.25) is 14.4 Å². The molecule has 0 unspecified atom stereocenters. The number of para-hydroxylation sites is 1. The van der Waals surface area contributed by atoms with Gasteiger partial charge < -0.3 is 16.4 Å². The summed E-state index contributed by atoms with van der Waals surface area (Å²) in [5.74, 6) is -1.34. The Morgan fingerprint density at radius 2 is 1.76 bits per heavy atom. The molecule has 1 aromatic heterocycles. The number of nitrogens with two attached hydrogens (primary N) is 1. The number of hydrogen-bond acceptors (Lipinski definition) is 4. The van der Waals surface area contributed by atoms with Gasteiger partial charge in [-0.2, -0.15) is 5.10 Å². The third-order valence-electron chi connectivity index (χ3n) is 4.01. The third-order valence-corrected chi connectivity index (χ3v) is 4.26. The first-order valence-corrected chi connectivity index (χ1v) is 9.09. The van der Waals surface area contributed by atoms with Crippen molar-refractivity contribution in [2.45, 2.75) is 6.42 Å². The molecule has 0 saturated heterocycles. The van der Waals surface area contributed by atoms with Gasteiger partial charge in [-0.1, -0.05) is 23.7 Å². The predicted molar refractivity (Wildman–Crippen MR) is 109 cm³/mol. The van der Waals surface area contributed by atoms with Gasteiger partial charge in [-0.25, -0.2) is 4.68 Å². The minimum atomic E-state index is -0.510. The molecule has 0 aliphatic heterocycles. The molecule has 0 saturated carbocycles. The lowest BCUT2D eigenvalue weighted by atomic mass is 10.1. The molecule has 3 amide bonds. The number of nitrogens with zero attached hydrogens (tertiary/aromatic N) is 2. The fraction of sp³-hybridized carbons (Fsp3) is 0.100. The molecule has 0 spiro atoms. The Labute approximate surface area is 171 Å². The van der Waals surface area contributed by atoms with E-state index < -0.39 is 17.7 Å². The van der Waals surface area contributed by atoms with Crippen LogP contribution in [-0.4, -0.2) is 34.0 Å². The zero-order valence-corrected chi connectivity index (χ0v) is 16.0. The largest absolute Gasteiger partial charge is 0.370 e. The first-order chi connectivity index (χ1) is 13.9. The summed E-state index contributed by atoms with van der Waals surface area (Å²) in [5, 5.41) is 10.1. The molecule has 0 aliphatic carbocycles. The number of primary amides is 1. The summed E-state index contributed by atoms with van der Waals surface area (Å²) < 4.78 is 1.55. The number of amides is 3. The van der Waals surface area contributed by atoms with Crippen LogP contribution in [0, 0.1) is 0 Å². The first kappa shape index (κ1) is 20.1. The quantitative estimate of drug-likeness (QED) is 0.552. The molecule has 1 heterocycles. The Hall–Kier alpha value is -3.65. The van der Waals surface area contributed by atoms with Crippen molar-refractivity contribution >= 4 is 35.0 Å².